The van der Waals surface area contributed by atoms with Crippen molar-refractivity contribution in [1.82, 2.24) is 10.6 Å². The van der Waals surface area contributed by atoms with Crippen LogP contribution in [0.15, 0.2) is 18.2 Å². The van der Waals surface area contributed by atoms with Crippen molar-refractivity contribution in [2.75, 3.05) is 0 Å². The van der Waals surface area contributed by atoms with Crippen LogP contribution in [0.25, 0.3) is 0 Å². The number of hydrogen-bond acceptors (Lipinski definition) is 2. The molecule has 1 aromatic rings. The van der Waals surface area contributed by atoms with Gasteiger partial charge < -0.3 is 15.7 Å². The Kier molecular flexibility index (Phi) is 6.78. The fourth-order valence-electron chi connectivity index (χ4n) is 1.87. The molecule has 0 aliphatic rings. The van der Waals surface area contributed by atoms with Gasteiger partial charge in [-0.05, 0) is 31.0 Å². The van der Waals surface area contributed by atoms with E-state index in [0.29, 0.717) is 28.5 Å². The number of carboxylic acid groups (broad SMARTS) is 1. The molecule has 0 aliphatic carbocycles. The first kappa shape index (κ1) is 17.6. The summed E-state index contributed by atoms with van der Waals surface area (Å²) in [7, 11) is 0. The van der Waals surface area contributed by atoms with Crippen LogP contribution >= 0.6 is 23.2 Å². The number of hydrogen-bond donors (Lipinski definition) is 3. The molecule has 0 bridgehead atoms. The van der Waals surface area contributed by atoms with Gasteiger partial charge in [-0.3, -0.25) is 0 Å². The maximum atomic E-state index is 11.8. The molecule has 0 spiro atoms. The molecule has 1 rings (SSSR count). The van der Waals surface area contributed by atoms with Crippen molar-refractivity contribution >= 4 is 35.2 Å². The normalized spacial score (nSPS) is 13.3. The largest absolute Gasteiger partial charge is 0.480 e. The molecule has 116 valence electrons. The number of aliphatic carboxylic acids is 1. The van der Waals surface area contributed by atoms with Crippen molar-refractivity contribution in [3.63, 3.8) is 0 Å². The Labute approximate surface area is 133 Å². The molecule has 0 aromatic heterocycles. The van der Waals surface area contributed by atoms with Crippen molar-refractivity contribution in [3.8, 4) is 0 Å². The molecule has 0 aliphatic heterocycles. The average molecular weight is 333 g/mol. The Bertz CT molecular complexity index is 523. The molecular weight excluding hydrogens is 315 g/mol. The minimum absolute atomic E-state index is 0.370. The SMILES string of the molecule is CCC[C@H](NC(=O)NC(C)c1ccc(Cl)cc1Cl)C(=O)O. The van der Waals surface area contributed by atoms with E-state index in [2.05, 4.69) is 10.6 Å². The highest BCUT2D eigenvalue weighted by Crippen LogP contribution is 2.25. The van der Waals surface area contributed by atoms with Crippen molar-refractivity contribution < 1.29 is 14.7 Å². The molecule has 1 unspecified atom stereocenters. The molecule has 2 atom stereocenters. The van der Waals surface area contributed by atoms with Crippen LogP contribution in [0.2, 0.25) is 10.0 Å². The summed E-state index contributed by atoms with van der Waals surface area (Å²) in [5, 5.41) is 15.0. The summed E-state index contributed by atoms with van der Waals surface area (Å²) < 4.78 is 0. The molecule has 3 N–H and O–H groups in total. The van der Waals surface area contributed by atoms with Crippen molar-refractivity contribution in [1.29, 1.82) is 0 Å². The lowest BCUT2D eigenvalue weighted by atomic mass is 10.1. The predicted molar refractivity (Wildman–Crippen MR) is 82.9 cm³/mol. The van der Waals surface area contributed by atoms with E-state index in [4.69, 9.17) is 28.3 Å². The summed E-state index contributed by atoms with van der Waals surface area (Å²) in [5.74, 6) is -1.05. The molecule has 5 nitrogen and oxygen atoms in total. The number of benzene rings is 1. The summed E-state index contributed by atoms with van der Waals surface area (Å²) in [5.41, 5.74) is 0.707. The summed E-state index contributed by atoms with van der Waals surface area (Å²) >= 11 is 11.9. The Morgan fingerprint density at radius 3 is 2.48 bits per heavy atom. The zero-order valence-electron chi connectivity index (χ0n) is 11.8. The number of urea groups is 1. The van der Waals surface area contributed by atoms with Crippen LogP contribution in [0.3, 0.4) is 0 Å². The number of halogens is 2. The lowest BCUT2D eigenvalue weighted by molar-refractivity contribution is -0.139. The summed E-state index contributed by atoms with van der Waals surface area (Å²) in [6.07, 6.45) is 1.04. The molecule has 2 amide bonds. The number of carboxylic acids is 1. The Hall–Kier alpha value is -1.46. The highest BCUT2D eigenvalue weighted by atomic mass is 35.5. The van der Waals surface area contributed by atoms with Gasteiger partial charge >= 0.3 is 12.0 Å². The second kappa shape index (κ2) is 8.10. The second-order valence-electron chi connectivity index (χ2n) is 4.68. The lowest BCUT2D eigenvalue weighted by Crippen LogP contribution is -2.46. The molecule has 1 aromatic carbocycles. The van der Waals surface area contributed by atoms with Gasteiger partial charge in [-0.2, -0.15) is 0 Å². The van der Waals surface area contributed by atoms with E-state index >= 15 is 0 Å². The average Bonchev–Trinajstić information content (AvgIpc) is 2.37. The fraction of sp³-hybridized carbons (Fsp3) is 0.429. The van der Waals surface area contributed by atoms with Crippen molar-refractivity contribution in [2.45, 2.75) is 38.8 Å². The molecule has 21 heavy (non-hydrogen) atoms. The number of rotatable bonds is 6. The van der Waals surface area contributed by atoms with Crippen LogP contribution in [0.1, 0.15) is 38.3 Å². The van der Waals surface area contributed by atoms with Gasteiger partial charge in [0.1, 0.15) is 6.04 Å². The Morgan fingerprint density at radius 1 is 1.29 bits per heavy atom. The van der Waals surface area contributed by atoms with E-state index in [-0.39, 0.29) is 6.04 Å². The number of carbonyl (C=O) groups excluding carboxylic acids is 1. The van der Waals surface area contributed by atoms with Gasteiger partial charge in [0.2, 0.25) is 0 Å². The zero-order chi connectivity index (χ0) is 16.0. The third kappa shape index (κ3) is 5.44. The maximum Gasteiger partial charge on any atom is 0.326 e. The molecule has 7 heteroatoms. The molecule has 0 saturated carbocycles. The van der Waals surface area contributed by atoms with Crippen molar-refractivity contribution in [3.05, 3.63) is 33.8 Å². The van der Waals surface area contributed by atoms with Gasteiger partial charge in [0.15, 0.2) is 0 Å². The lowest BCUT2D eigenvalue weighted by Gasteiger charge is -2.19. The van der Waals surface area contributed by atoms with Gasteiger partial charge in [-0.1, -0.05) is 42.6 Å². The van der Waals surface area contributed by atoms with Gasteiger partial charge in [0.05, 0.1) is 6.04 Å². The number of carbonyl (C=O) groups is 2. The summed E-state index contributed by atoms with van der Waals surface area (Å²) in [6, 6.07) is 3.17. The summed E-state index contributed by atoms with van der Waals surface area (Å²) in [4.78, 5) is 22.8. The Morgan fingerprint density at radius 2 is 1.95 bits per heavy atom. The van der Waals surface area contributed by atoms with Crippen LogP contribution in [0, 0.1) is 0 Å². The van der Waals surface area contributed by atoms with Crippen LogP contribution in [-0.2, 0) is 4.79 Å². The molecule has 0 heterocycles. The van der Waals surface area contributed by atoms with Crippen LogP contribution in [-0.4, -0.2) is 23.1 Å². The van der Waals surface area contributed by atoms with Crippen molar-refractivity contribution in [2.24, 2.45) is 0 Å². The summed E-state index contributed by atoms with van der Waals surface area (Å²) in [6.45, 7) is 3.61. The van der Waals surface area contributed by atoms with Gasteiger partial charge in [-0.15, -0.1) is 0 Å². The fourth-order valence-corrected chi connectivity index (χ4v) is 2.45. The topological polar surface area (TPSA) is 78.4 Å². The number of amides is 2. The minimum atomic E-state index is -1.05. The van der Waals surface area contributed by atoms with E-state index in [9.17, 15) is 9.59 Å². The molecule has 0 saturated heterocycles. The molecule has 0 fully saturated rings. The first-order valence-electron chi connectivity index (χ1n) is 6.60. The zero-order valence-corrected chi connectivity index (χ0v) is 13.3. The standard InChI is InChI=1S/C14H18Cl2N2O3/c1-3-4-12(13(19)20)18-14(21)17-8(2)10-6-5-9(15)7-11(10)16/h5-8,12H,3-4H2,1-2H3,(H,19,20)(H2,17,18,21)/t8?,12-/m0/s1. The highest BCUT2D eigenvalue weighted by molar-refractivity contribution is 6.35. The first-order chi connectivity index (χ1) is 9.85. The molecular formula is C14H18Cl2N2O3. The van der Waals surface area contributed by atoms with Gasteiger partial charge in [0, 0.05) is 10.0 Å². The monoisotopic (exact) mass is 332 g/mol. The number of nitrogens with one attached hydrogen (secondary N) is 2. The third-order valence-electron chi connectivity index (χ3n) is 2.96. The van der Waals surface area contributed by atoms with Crippen LogP contribution in [0.5, 0.6) is 0 Å². The minimum Gasteiger partial charge on any atom is -0.480 e. The van der Waals surface area contributed by atoms with Crippen LogP contribution in [0.4, 0.5) is 4.79 Å². The second-order valence-corrected chi connectivity index (χ2v) is 5.53. The van der Waals surface area contributed by atoms with E-state index in [1.807, 2.05) is 6.92 Å². The maximum absolute atomic E-state index is 11.8. The van der Waals surface area contributed by atoms with E-state index < -0.39 is 18.0 Å². The van der Waals surface area contributed by atoms with E-state index in [1.165, 1.54) is 0 Å². The van der Waals surface area contributed by atoms with E-state index in [1.54, 1.807) is 25.1 Å². The Balaban J connectivity index is 2.67. The van der Waals surface area contributed by atoms with Crippen LogP contribution < -0.4 is 10.6 Å². The van der Waals surface area contributed by atoms with Gasteiger partial charge in [-0.25, -0.2) is 9.59 Å². The third-order valence-corrected chi connectivity index (χ3v) is 3.52. The highest BCUT2D eigenvalue weighted by Gasteiger charge is 2.20. The van der Waals surface area contributed by atoms with E-state index in [0.717, 1.165) is 0 Å². The smallest absolute Gasteiger partial charge is 0.326 e. The quantitative estimate of drug-likeness (QED) is 0.744. The van der Waals surface area contributed by atoms with Gasteiger partial charge in [0.25, 0.3) is 0 Å². The molecule has 0 radical (unpaired) electrons. The first-order valence-corrected chi connectivity index (χ1v) is 7.35. The predicted octanol–water partition coefficient (Wildman–Crippen LogP) is 3.61.